The van der Waals surface area contributed by atoms with Gasteiger partial charge in [0.15, 0.2) is 12.6 Å². The lowest BCUT2D eigenvalue weighted by Crippen LogP contribution is -2.41. The number of rotatable bonds is 7. The monoisotopic (exact) mass is 387 g/mol. The summed E-state index contributed by atoms with van der Waals surface area (Å²) in [6, 6.07) is 5.14. The molecule has 1 aliphatic carbocycles. The Hall–Kier alpha value is -1.96. The molecule has 5 nitrogen and oxygen atoms in total. The first kappa shape index (κ1) is 21.3. The lowest BCUT2D eigenvalue weighted by molar-refractivity contribution is -0.153. The van der Waals surface area contributed by atoms with Crippen LogP contribution < -0.4 is 15.4 Å². The Kier molecular flexibility index (Phi) is 7.77. The van der Waals surface area contributed by atoms with Gasteiger partial charge in [-0.15, -0.1) is 0 Å². The highest BCUT2D eigenvalue weighted by Gasteiger charge is 2.29. The van der Waals surface area contributed by atoms with Crippen molar-refractivity contribution in [1.82, 2.24) is 10.6 Å². The average molecular weight is 387 g/mol. The van der Waals surface area contributed by atoms with Crippen molar-refractivity contribution in [3.05, 3.63) is 29.3 Å². The van der Waals surface area contributed by atoms with Gasteiger partial charge in [0, 0.05) is 24.6 Å². The Morgan fingerprint density at radius 2 is 2.07 bits per heavy atom. The first-order chi connectivity index (χ1) is 12.8. The number of ether oxygens (including phenoxy) is 1. The van der Waals surface area contributed by atoms with Crippen LogP contribution in [0.1, 0.15) is 37.3 Å². The second-order valence-electron chi connectivity index (χ2n) is 6.85. The van der Waals surface area contributed by atoms with Gasteiger partial charge in [0.05, 0.1) is 12.6 Å². The number of guanidine groups is 1. The maximum Gasteiger partial charge on any atom is 0.422 e. The van der Waals surface area contributed by atoms with Gasteiger partial charge in [0.1, 0.15) is 5.75 Å². The minimum absolute atomic E-state index is 0.191. The first-order valence-electron chi connectivity index (χ1n) is 9.28. The number of aliphatic hydroxyl groups is 1. The topological polar surface area (TPSA) is 65.9 Å². The van der Waals surface area contributed by atoms with Crippen molar-refractivity contribution in [2.45, 2.75) is 51.9 Å². The molecule has 1 saturated carbocycles. The molecule has 152 valence electrons. The van der Waals surface area contributed by atoms with E-state index in [0.29, 0.717) is 24.6 Å². The van der Waals surface area contributed by atoms with Crippen molar-refractivity contribution in [3.8, 4) is 5.75 Å². The van der Waals surface area contributed by atoms with Gasteiger partial charge in [-0.05, 0) is 38.3 Å². The standard InChI is InChI=1S/C19H28F3N3O2/c1-3-23-18(24-10-14-5-4-6-16(14)26)25-11-15-8-7-13(2)9-17(15)27-12-19(20,21)22/h7-9,14,16,26H,3-6,10-12H2,1-2H3,(H2,23,24,25). The molecule has 0 amide bonds. The predicted octanol–water partition coefficient (Wildman–Crippen LogP) is 3.15. The molecule has 1 aliphatic rings. The summed E-state index contributed by atoms with van der Waals surface area (Å²) in [6.07, 6.45) is -1.86. The van der Waals surface area contributed by atoms with Crippen LogP contribution in [0.3, 0.4) is 0 Å². The maximum absolute atomic E-state index is 12.5. The molecular weight excluding hydrogens is 359 g/mol. The van der Waals surface area contributed by atoms with E-state index in [1.807, 2.05) is 13.0 Å². The molecule has 8 heteroatoms. The average Bonchev–Trinajstić information content (AvgIpc) is 3.01. The third-order valence-electron chi connectivity index (χ3n) is 4.52. The molecule has 0 heterocycles. The number of hydrogen-bond acceptors (Lipinski definition) is 3. The minimum Gasteiger partial charge on any atom is -0.484 e. The number of hydrogen-bond donors (Lipinski definition) is 3. The molecule has 0 spiro atoms. The number of nitrogens with zero attached hydrogens (tertiary/aromatic N) is 1. The van der Waals surface area contributed by atoms with Crippen LogP contribution in [0, 0.1) is 12.8 Å². The Morgan fingerprint density at radius 1 is 1.30 bits per heavy atom. The lowest BCUT2D eigenvalue weighted by Gasteiger charge is -2.18. The zero-order chi connectivity index (χ0) is 19.9. The van der Waals surface area contributed by atoms with Crippen molar-refractivity contribution >= 4 is 5.96 Å². The van der Waals surface area contributed by atoms with Gasteiger partial charge in [-0.1, -0.05) is 18.6 Å². The molecule has 0 aliphatic heterocycles. The quantitative estimate of drug-likeness (QED) is 0.497. The number of benzene rings is 1. The highest BCUT2D eigenvalue weighted by Crippen LogP contribution is 2.25. The zero-order valence-corrected chi connectivity index (χ0v) is 15.8. The predicted molar refractivity (Wildman–Crippen MR) is 98.9 cm³/mol. The summed E-state index contributed by atoms with van der Waals surface area (Å²) < 4.78 is 42.4. The number of aliphatic imine (C=N–C) groups is 1. The van der Waals surface area contributed by atoms with Crippen LogP contribution >= 0.6 is 0 Å². The molecule has 2 atom stereocenters. The van der Waals surface area contributed by atoms with E-state index in [-0.39, 0.29) is 24.3 Å². The first-order valence-corrected chi connectivity index (χ1v) is 9.28. The van der Waals surface area contributed by atoms with Gasteiger partial charge in [0.25, 0.3) is 0 Å². The summed E-state index contributed by atoms with van der Waals surface area (Å²) in [7, 11) is 0. The van der Waals surface area contributed by atoms with E-state index in [0.717, 1.165) is 24.8 Å². The number of halogens is 3. The minimum atomic E-state index is -4.39. The molecule has 1 aromatic rings. The van der Waals surface area contributed by atoms with Crippen LogP contribution in [0.25, 0.3) is 0 Å². The van der Waals surface area contributed by atoms with Crippen molar-refractivity contribution in [2.75, 3.05) is 19.7 Å². The normalized spacial score (nSPS) is 20.6. The maximum atomic E-state index is 12.5. The SMILES string of the molecule is CCNC(=NCc1ccc(C)cc1OCC(F)(F)F)NCC1CCCC1O. The largest absolute Gasteiger partial charge is 0.484 e. The molecule has 27 heavy (non-hydrogen) atoms. The highest BCUT2D eigenvalue weighted by atomic mass is 19.4. The van der Waals surface area contributed by atoms with E-state index in [2.05, 4.69) is 15.6 Å². The summed E-state index contributed by atoms with van der Waals surface area (Å²) in [4.78, 5) is 4.46. The van der Waals surface area contributed by atoms with Gasteiger partial charge in [0.2, 0.25) is 0 Å². The lowest BCUT2D eigenvalue weighted by atomic mass is 10.1. The van der Waals surface area contributed by atoms with E-state index in [1.54, 1.807) is 19.1 Å². The van der Waals surface area contributed by atoms with E-state index >= 15 is 0 Å². The second kappa shape index (κ2) is 9.82. The van der Waals surface area contributed by atoms with E-state index in [4.69, 9.17) is 4.74 Å². The third-order valence-corrected chi connectivity index (χ3v) is 4.52. The van der Waals surface area contributed by atoms with Crippen molar-refractivity contribution in [2.24, 2.45) is 10.9 Å². The Labute approximate surface area is 158 Å². The van der Waals surface area contributed by atoms with Crippen LogP contribution in [0.15, 0.2) is 23.2 Å². The van der Waals surface area contributed by atoms with Crippen LogP contribution in [-0.4, -0.2) is 43.0 Å². The fourth-order valence-corrected chi connectivity index (χ4v) is 3.08. The fraction of sp³-hybridized carbons (Fsp3) is 0.632. The molecule has 3 N–H and O–H groups in total. The number of alkyl halides is 3. The van der Waals surface area contributed by atoms with Crippen molar-refractivity contribution in [1.29, 1.82) is 0 Å². The van der Waals surface area contributed by atoms with E-state index in [9.17, 15) is 18.3 Å². The zero-order valence-electron chi connectivity index (χ0n) is 15.8. The van der Waals surface area contributed by atoms with Gasteiger partial charge in [-0.25, -0.2) is 4.99 Å². The summed E-state index contributed by atoms with van der Waals surface area (Å²) in [5, 5.41) is 16.2. The van der Waals surface area contributed by atoms with Crippen LogP contribution in [-0.2, 0) is 6.54 Å². The summed E-state index contributed by atoms with van der Waals surface area (Å²) >= 11 is 0. The van der Waals surface area contributed by atoms with Crippen LogP contribution in [0.4, 0.5) is 13.2 Å². The van der Waals surface area contributed by atoms with Crippen molar-refractivity contribution < 1.29 is 23.0 Å². The highest BCUT2D eigenvalue weighted by molar-refractivity contribution is 5.79. The van der Waals surface area contributed by atoms with E-state index < -0.39 is 12.8 Å². The smallest absolute Gasteiger partial charge is 0.422 e. The summed E-state index contributed by atoms with van der Waals surface area (Å²) in [5.74, 6) is 0.955. The molecule has 2 unspecified atom stereocenters. The number of aryl methyl sites for hydroxylation is 1. The van der Waals surface area contributed by atoms with Gasteiger partial charge >= 0.3 is 6.18 Å². The summed E-state index contributed by atoms with van der Waals surface area (Å²) in [5.41, 5.74) is 1.41. The molecular formula is C19H28F3N3O2. The Morgan fingerprint density at radius 3 is 2.70 bits per heavy atom. The molecule has 1 fully saturated rings. The molecule has 0 saturated heterocycles. The number of aliphatic hydroxyl groups excluding tert-OH is 1. The Bertz CT molecular complexity index is 635. The second-order valence-corrected chi connectivity index (χ2v) is 6.85. The number of nitrogens with one attached hydrogen (secondary N) is 2. The van der Waals surface area contributed by atoms with Crippen molar-refractivity contribution in [3.63, 3.8) is 0 Å². The van der Waals surface area contributed by atoms with Gasteiger partial charge < -0.3 is 20.5 Å². The fourth-order valence-electron chi connectivity index (χ4n) is 3.08. The van der Waals surface area contributed by atoms with Gasteiger partial charge in [-0.3, -0.25) is 0 Å². The summed E-state index contributed by atoms with van der Waals surface area (Å²) in [6.45, 7) is 3.86. The van der Waals surface area contributed by atoms with Gasteiger partial charge in [-0.2, -0.15) is 13.2 Å². The molecule has 0 radical (unpaired) electrons. The van der Waals surface area contributed by atoms with Crippen LogP contribution in [0.2, 0.25) is 0 Å². The molecule has 0 bridgehead atoms. The molecule has 2 rings (SSSR count). The van der Waals surface area contributed by atoms with Crippen LogP contribution in [0.5, 0.6) is 5.75 Å². The molecule has 1 aromatic carbocycles. The molecule has 0 aromatic heterocycles. The van der Waals surface area contributed by atoms with E-state index in [1.165, 1.54) is 0 Å². The third kappa shape index (κ3) is 7.28. The Balaban J connectivity index is 2.03.